The number of piperidine rings is 1. The summed E-state index contributed by atoms with van der Waals surface area (Å²) in [6.45, 7) is 5.94. The predicted molar refractivity (Wildman–Crippen MR) is 75.5 cm³/mol. The Balaban J connectivity index is 1.59. The minimum Gasteiger partial charge on any atom is -0.307 e. The van der Waals surface area contributed by atoms with E-state index in [1.165, 1.54) is 44.3 Å². The molecule has 0 spiro atoms. The third-order valence-corrected chi connectivity index (χ3v) is 4.15. The Morgan fingerprint density at radius 2 is 2.06 bits per heavy atom. The molecule has 1 aromatic rings. The summed E-state index contributed by atoms with van der Waals surface area (Å²) in [6, 6.07) is 11.7. The van der Waals surface area contributed by atoms with Crippen molar-refractivity contribution in [1.82, 2.24) is 10.2 Å². The summed E-state index contributed by atoms with van der Waals surface area (Å²) in [4.78, 5) is 2.61. The van der Waals surface area contributed by atoms with Crippen molar-refractivity contribution >= 4 is 0 Å². The average molecular weight is 244 g/mol. The van der Waals surface area contributed by atoms with Crippen molar-refractivity contribution in [2.45, 2.75) is 50.7 Å². The van der Waals surface area contributed by atoms with Crippen LogP contribution in [0.3, 0.4) is 0 Å². The molecule has 2 fully saturated rings. The van der Waals surface area contributed by atoms with Gasteiger partial charge in [-0.2, -0.15) is 0 Å². The third kappa shape index (κ3) is 3.12. The van der Waals surface area contributed by atoms with Crippen LogP contribution >= 0.6 is 0 Å². The highest BCUT2D eigenvalue weighted by molar-refractivity contribution is 5.14. The Labute approximate surface area is 110 Å². The smallest absolute Gasteiger partial charge is 0.0283 e. The van der Waals surface area contributed by atoms with Crippen LogP contribution in [-0.4, -0.2) is 29.6 Å². The van der Waals surface area contributed by atoms with Gasteiger partial charge in [0, 0.05) is 24.7 Å². The van der Waals surface area contributed by atoms with Crippen LogP contribution in [0.1, 0.15) is 38.2 Å². The van der Waals surface area contributed by atoms with Gasteiger partial charge in [-0.3, -0.25) is 4.90 Å². The van der Waals surface area contributed by atoms with Gasteiger partial charge in [0.2, 0.25) is 0 Å². The summed E-state index contributed by atoms with van der Waals surface area (Å²) in [6.07, 6.45) is 5.42. The molecule has 2 heteroatoms. The largest absolute Gasteiger partial charge is 0.307 e. The van der Waals surface area contributed by atoms with Gasteiger partial charge in [0.15, 0.2) is 0 Å². The molecule has 18 heavy (non-hydrogen) atoms. The fourth-order valence-electron chi connectivity index (χ4n) is 3.16. The maximum Gasteiger partial charge on any atom is 0.0283 e. The van der Waals surface area contributed by atoms with Crippen LogP contribution in [0.25, 0.3) is 0 Å². The molecule has 1 saturated carbocycles. The van der Waals surface area contributed by atoms with Gasteiger partial charge >= 0.3 is 0 Å². The van der Waals surface area contributed by atoms with Crippen LogP contribution in [0.5, 0.6) is 0 Å². The number of nitrogens with zero attached hydrogens (tertiary/aromatic N) is 1. The van der Waals surface area contributed by atoms with Crippen LogP contribution < -0.4 is 5.32 Å². The quantitative estimate of drug-likeness (QED) is 0.876. The highest BCUT2D eigenvalue weighted by Crippen LogP contribution is 2.28. The van der Waals surface area contributed by atoms with E-state index in [4.69, 9.17) is 0 Å². The van der Waals surface area contributed by atoms with Crippen molar-refractivity contribution in [2.24, 2.45) is 0 Å². The highest BCUT2D eigenvalue weighted by atomic mass is 15.2. The summed E-state index contributed by atoms with van der Waals surface area (Å²) in [5.74, 6) is 0. The zero-order valence-electron chi connectivity index (χ0n) is 11.4. The number of likely N-dealkylation sites (tertiary alicyclic amines) is 1. The Bertz CT molecular complexity index is 385. The summed E-state index contributed by atoms with van der Waals surface area (Å²) in [5.41, 5.74) is 1.78. The molecule has 0 aromatic heterocycles. The lowest BCUT2D eigenvalue weighted by Crippen LogP contribution is -2.55. The fraction of sp³-hybridized carbons (Fsp3) is 0.625. The van der Waals surface area contributed by atoms with Crippen molar-refractivity contribution in [3.63, 3.8) is 0 Å². The topological polar surface area (TPSA) is 15.3 Å². The number of benzene rings is 1. The summed E-state index contributed by atoms with van der Waals surface area (Å²) in [7, 11) is 0. The van der Waals surface area contributed by atoms with Gasteiger partial charge in [-0.05, 0) is 44.7 Å². The molecule has 0 radical (unpaired) electrons. The highest BCUT2D eigenvalue weighted by Gasteiger charge is 2.35. The fourth-order valence-corrected chi connectivity index (χ4v) is 3.16. The molecule has 3 rings (SSSR count). The van der Waals surface area contributed by atoms with Gasteiger partial charge < -0.3 is 5.32 Å². The second kappa shape index (κ2) is 5.02. The molecule has 0 bridgehead atoms. The van der Waals surface area contributed by atoms with E-state index >= 15 is 0 Å². The molecule has 1 atom stereocenters. The minimum atomic E-state index is 0.341. The predicted octanol–water partition coefficient (Wildman–Crippen LogP) is 2.79. The van der Waals surface area contributed by atoms with Gasteiger partial charge in [0.1, 0.15) is 0 Å². The Kier molecular flexibility index (Phi) is 3.40. The Morgan fingerprint density at radius 1 is 1.28 bits per heavy atom. The summed E-state index contributed by atoms with van der Waals surface area (Å²) in [5, 5.41) is 3.84. The van der Waals surface area contributed by atoms with E-state index < -0.39 is 0 Å². The first-order valence-electron chi connectivity index (χ1n) is 7.28. The molecular weight excluding hydrogens is 220 g/mol. The van der Waals surface area contributed by atoms with Crippen LogP contribution in [0.15, 0.2) is 30.3 Å². The maximum atomic E-state index is 3.84. The van der Waals surface area contributed by atoms with Crippen LogP contribution in [-0.2, 0) is 6.54 Å². The molecule has 1 heterocycles. The number of hydrogen-bond donors (Lipinski definition) is 1. The van der Waals surface area contributed by atoms with E-state index in [2.05, 4.69) is 47.5 Å². The van der Waals surface area contributed by atoms with Crippen molar-refractivity contribution in [3.05, 3.63) is 35.9 Å². The van der Waals surface area contributed by atoms with Gasteiger partial charge in [0.05, 0.1) is 0 Å². The van der Waals surface area contributed by atoms with E-state index in [9.17, 15) is 0 Å². The molecule has 0 amide bonds. The second-order valence-corrected chi connectivity index (χ2v) is 6.28. The van der Waals surface area contributed by atoms with E-state index in [1.807, 2.05) is 0 Å². The molecule has 1 aliphatic heterocycles. The molecule has 98 valence electrons. The second-order valence-electron chi connectivity index (χ2n) is 6.28. The molecule has 1 aliphatic carbocycles. The van der Waals surface area contributed by atoms with Gasteiger partial charge in [0.25, 0.3) is 0 Å². The molecule has 1 N–H and O–H groups in total. The van der Waals surface area contributed by atoms with Crippen molar-refractivity contribution < 1.29 is 0 Å². The molecule has 2 aliphatic rings. The van der Waals surface area contributed by atoms with Crippen molar-refractivity contribution in [1.29, 1.82) is 0 Å². The number of rotatable bonds is 4. The average Bonchev–Trinajstić information content (AvgIpc) is 3.13. The summed E-state index contributed by atoms with van der Waals surface area (Å²) < 4.78 is 0. The van der Waals surface area contributed by atoms with E-state index in [0.717, 1.165) is 12.6 Å². The maximum absolute atomic E-state index is 3.84. The van der Waals surface area contributed by atoms with Gasteiger partial charge in [-0.15, -0.1) is 0 Å². The van der Waals surface area contributed by atoms with Crippen LogP contribution in [0.4, 0.5) is 0 Å². The number of hydrogen-bond acceptors (Lipinski definition) is 2. The lowest BCUT2D eigenvalue weighted by Gasteiger charge is -2.41. The molecule has 1 unspecified atom stereocenters. The van der Waals surface area contributed by atoms with Crippen LogP contribution in [0, 0.1) is 0 Å². The zero-order chi connectivity index (χ0) is 12.4. The third-order valence-electron chi connectivity index (χ3n) is 4.15. The Hall–Kier alpha value is -0.860. The van der Waals surface area contributed by atoms with Gasteiger partial charge in [-0.25, -0.2) is 0 Å². The van der Waals surface area contributed by atoms with E-state index in [1.54, 1.807) is 0 Å². The van der Waals surface area contributed by atoms with Gasteiger partial charge in [-0.1, -0.05) is 30.3 Å². The Morgan fingerprint density at radius 3 is 2.78 bits per heavy atom. The van der Waals surface area contributed by atoms with Crippen molar-refractivity contribution in [2.75, 3.05) is 13.1 Å². The molecule has 1 saturated heterocycles. The normalized spacial score (nSPS) is 29.4. The first-order valence-corrected chi connectivity index (χ1v) is 7.28. The zero-order valence-corrected chi connectivity index (χ0v) is 11.4. The van der Waals surface area contributed by atoms with E-state index in [0.29, 0.717) is 5.54 Å². The molecule has 2 nitrogen and oxygen atoms in total. The lowest BCUT2D eigenvalue weighted by atomic mass is 9.90. The lowest BCUT2D eigenvalue weighted by molar-refractivity contribution is 0.125. The van der Waals surface area contributed by atoms with E-state index in [-0.39, 0.29) is 0 Å². The molecular formula is C16H24N2. The first-order chi connectivity index (χ1) is 8.73. The summed E-state index contributed by atoms with van der Waals surface area (Å²) >= 11 is 0. The monoisotopic (exact) mass is 244 g/mol. The molecule has 1 aromatic carbocycles. The SMILES string of the molecule is CC1(NC2CC2)CCCN(Cc2ccccc2)C1. The van der Waals surface area contributed by atoms with Crippen molar-refractivity contribution in [3.8, 4) is 0 Å². The standard InChI is InChI=1S/C16H24N2/c1-16(17-15-8-9-15)10-5-11-18(13-16)12-14-6-3-2-4-7-14/h2-4,6-7,15,17H,5,8-13H2,1H3. The van der Waals surface area contributed by atoms with Crippen LogP contribution in [0.2, 0.25) is 0 Å². The number of nitrogens with one attached hydrogen (secondary N) is 1. The first kappa shape index (κ1) is 12.2. The minimum absolute atomic E-state index is 0.341.